The lowest BCUT2D eigenvalue weighted by Crippen LogP contribution is -2.49. The number of hydrogen-bond donors (Lipinski definition) is 2. The van der Waals surface area contributed by atoms with E-state index in [0.29, 0.717) is 25.6 Å². The largest absolute Gasteiger partial charge is 0.389 e. The third kappa shape index (κ3) is 5.14. The van der Waals surface area contributed by atoms with Crippen LogP contribution in [-0.4, -0.2) is 47.7 Å². The number of carbonyl (C=O) groups excluding carboxylic acids is 1. The van der Waals surface area contributed by atoms with E-state index in [0.717, 1.165) is 19.4 Å². The topological polar surface area (TPSA) is 52.6 Å². The van der Waals surface area contributed by atoms with Crippen molar-refractivity contribution in [3.8, 4) is 0 Å². The summed E-state index contributed by atoms with van der Waals surface area (Å²) < 4.78 is 0. The molecule has 1 aromatic rings. The number of benzene rings is 1. The molecule has 1 amide bonds. The van der Waals surface area contributed by atoms with E-state index in [1.54, 1.807) is 0 Å². The van der Waals surface area contributed by atoms with Gasteiger partial charge in [0, 0.05) is 13.1 Å². The zero-order valence-corrected chi connectivity index (χ0v) is 13.0. The van der Waals surface area contributed by atoms with Gasteiger partial charge in [-0.1, -0.05) is 37.3 Å². The minimum absolute atomic E-state index is 0.0375. The molecule has 2 rings (SSSR count). The molecule has 4 heteroatoms. The Labute approximate surface area is 127 Å². The average molecular weight is 290 g/mol. The van der Waals surface area contributed by atoms with Crippen LogP contribution in [0.3, 0.4) is 0 Å². The minimum atomic E-state index is -0.657. The van der Waals surface area contributed by atoms with Gasteiger partial charge in [-0.3, -0.25) is 9.69 Å². The summed E-state index contributed by atoms with van der Waals surface area (Å²) in [5, 5.41) is 13.0. The van der Waals surface area contributed by atoms with E-state index in [-0.39, 0.29) is 5.91 Å². The van der Waals surface area contributed by atoms with Gasteiger partial charge < -0.3 is 10.4 Å². The molecule has 0 spiro atoms. The number of nitrogens with one attached hydrogen (secondary N) is 1. The molecule has 1 aliphatic heterocycles. The lowest BCUT2D eigenvalue weighted by molar-refractivity contribution is -0.123. The van der Waals surface area contributed by atoms with Gasteiger partial charge in [0.25, 0.3) is 0 Å². The van der Waals surface area contributed by atoms with Crippen LogP contribution in [0.4, 0.5) is 0 Å². The predicted molar refractivity (Wildman–Crippen MR) is 84.2 cm³/mol. The molecule has 1 fully saturated rings. The van der Waals surface area contributed by atoms with Crippen molar-refractivity contribution in [1.82, 2.24) is 10.2 Å². The van der Waals surface area contributed by atoms with Crippen molar-refractivity contribution in [3.05, 3.63) is 35.9 Å². The summed E-state index contributed by atoms with van der Waals surface area (Å²) in [7, 11) is 0. The summed E-state index contributed by atoms with van der Waals surface area (Å²) in [5.41, 5.74) is 0.578. The molecule has 4 nitrogen and oxygen atoms in total. The monoisotopic (exact) mass is 290 g/mol. The van der Waals surface area contributed by atoms with Crippen molar-refractivity contribution >= 4 is 5.91 Å². The number of likely N-dealkylation sites (tertiary alicyclic amines) is 1. The lowest BCUT2D eigenvalue weighted by Gasteiger charge is -2.36. The average Bonchev–Trinajstić information content (AvgIpc) is 2.44. The van der Waals surface area contributed by atoms with Crippen molar-refractivity contribution in [1.29, 1.82) is 0 Å². The molecule has 116 valence electrons. The lowest BCUT2D eigenvalue weighted by atomic mass is 9.95. The summed E-state index contributed by atoms with van der Waals surface area (Å²) in [6.45, 7) is 6.44. The number of piperidine rings is 1. The second-order valence-electron chi connectivity index (χ2n) is 6.43. The van der Waals surface area contributed by atoms with E-state index in [4.69, 9.17) is 0 Å². The molecule has 2 N–H and O–H groups in total. The summed E-state index contributed by atoms with van der Waals surface area (Å²) >= 11 is 0. The molecule has 0 saturated carbocycles. The molecule has 2 atom stereocenters. The first-order valence-corrected chi connectivity index (χ1v) is 7.73. The maximum atomic E-state index is 12.0. The quantitative estimate of drug-likeness (QED) is 0.869. The highest BCUT2D eigenvalue weighted by atomic mass is 16.3. The van der Waals surface area contributed by atoms with Crippen molar-refractivity contribution in [2.24, 2.45) is 0 Å². The maximum Gasteiger partial charge on any atom is 0.234 e. The van der Waals surface area contributed by atoms with Crippen molar-refractivity contribution in [3.63, 3.8) is 0 Å². The zero-order chi connectivity index (χ0) is 15.3. The third-order valence-corrected chi connectivity index (χ3v) is 4.10. The number of hydrogen-bond acceptors (Lipinski definition) is 3. The predicted octanol–water partition coefficient (Wildman–Crippen LogP) is 1.75. The van der Waals surface area contributed by atoms with Gasteiger partial charge in [0.15, 0.2) is 0 Å². The molecule has 0 aliphatic carbocycles. The van der Waals surface area contributed by atoms with Crippen LogP contribution in [0.15, 0.2) is 30.3 Å². The van der Waals surface area contributed by atoms with Crippen molar-refractivity contribution in [2.45, 2.75) is 38.2 Å². The van der Waals surface area contributed by atoms with Crippen LogP contribution < -0.4 is 5.32 Å². The fourth-order valence-corrected chi connectivity index (χ4v) is 2.88. The van der Waals surface area contributed by atoms with Gasteiger partial charge in [0.05, 0.1) is 12.1 Å². The fraction of sp³-hybridized carbons (Fsp3) is 0.588. The smallest absolute Gasteiger partial charge is 0.234 e. The van der Waals surface area contributed by atoms with E-state index in [2.05, 4.69) is 24.4 Å². The second-order valence-corrected chi connectivity index (χ2v) is 6.43. The van der Waals surface area contributed by atoms with Gasteiger partial charge in [0.2, 0.25) is 5.91 Å². The maximum absolute atomic E-state index is 12.0. The third-order valence-electron chi connectivity index (χ3n) is 4.10. The van der Waals surface area contributed by atoms with Crippen molar-refractivity contribution < 1.29 is 9.90 Å². The molecule has 0 aromatic heterocycles. The van der Waals surface area contributed by atoms with Gasteiger partial charge in [-0.15, -0.1) is 0 Å². The van der Waals surface area contributed by atoms with Gasteiger partial charge in [-0.25, -0.2) is 0 Å². The first-order chi connectivity index (χ1) is 9.96. The Morgan fingerprint density at radius 3 is 2.81 bits per heavy atom. The number of amides is 1. The molecule has 1 aliphatic rings. The Kier molecular flexibility index (Phi) is 5.37. The molecule has 1 aromatic carbocycles. The molecular formula is C17H26N2O2. The van der Waals surface area contributed by atoms with Crippen LogP contribution in [0, 0.1) is 0 Å². The standard InChI is InChI=1S/C17H26N2O2/c1-14(15-7-4-3-5-8-15)11-18-16(20)12-19-10-6-9-17(2,21)13-19/h3-5,7-8,14,21H,6,9-13H2,1-2H3,(H,18,20). The molecule has 21 heavy (non-hydrogen) atoms. The molecule has 0 bridgehead atoms. The Morgan fingerprint density at radius 2 is 2.14 bits per heavy atom. The van der Waals surface area contributed by atoms with Crippen LogP contribution in [-0.2, 0) is 4.79 Å². The first kappa shape index (κ1) is 16.0. The molecular weight excluding hydrogens is 264 g/mol. The summed E-state index contributed by atoms with van der Waals surface area (Å²) in [4.78, 5) is 14.1. The Bertz CT molecular complexity index is 459. The van der Waals surface area contributed by atoms with Crippen LogP contribution in [0.2, 0.25) is 0 Å². The fourth-order valence-electron chi connectivity index (χ4n) is 2.88. The van der Waals surface area contributed by atoms with Crippen LogP contribution >= 0.6 is 0 Å². The number of aliphatic hydroxyl groups is 1. The summed E-state index contributed by atoms with van der Waals surface area (Å²) in [6, 6.07) is 10.2. The Hall–Kier alpha value is -1.39. The van der Waals surface area contributed by atoms with E-state index in [9.17, 15) is 9.90 Å². The number of β-amino-alcohol motifs (C(OH)–C–C–N with tert-alkyl or cyclic N) is 1. The second kappa shape index (κ2) is 7.05. The summed E-state index contributed by atoms with van der Waals surface area (Å²) in [6.07, 6.45) is 1.76. The van der Waals surface area contributed by atoms with E-state index >= 15 is 0 Å². The highest BCUT2D eigenvalue weighted by Crippen LogP contribution is 2.19. The highest BCUT2D eigenvalue weighted by molar-refractivity contribution is 5.78. The minimum Gasteiger partial charge on any atom is -0.389 e. The molecule has 1 heterocycles. The van der Waals surface area contributed by atoms with E-state index in [1.165, 1.54) is 5.56 Å². The Balaban J connectivity index is 1.75. The van der Waals surface area contributed by atoms with Gasteiger partial charge >= 0.3 is 0 Å². The van der Waals surface area contributed by atoms with Gasteiger partial charge in [-0.05, 0) is 37.8 Å². The molecule has 1 saturated heterocycles. The van der Waals surface area contributed by atoms with E-state index in [1.807, 2.05) is 30.0 Å². The van der Waals surface area contributed by atoms with Gasteiger partial charge in [-0.2, -0.15) is 0 Å². The molecule has 2 unspecified atom stereocenters. The first-order valence-electron chi connectivity index (χ1n) is 7.73. The van der Waals surface area contributed by atoms with Crippen molar-refractivity contribution in [2.75, 3.05) is 26.2 Å². The van der Waals surface area contributed by atoms with Gasteiger partial charge in [0.1, 0.15) is 0 Å². The normalized spacial score (nSPS) is 24.5. The van der Waals surface area contributed by atoms with Crippen LogP contribution in [0.25, 0.3) is 0 Å². The summed E-state index contributed by atoms with van der Waals surface area (Å²) in [5.74, 6) is 0.343. The van der Waals surface area contributed by atoms with E-state index < -0.39 is 5.60 Å². The van der Waals surface area contributed by atoms with Crippen LogP contribution in [0.1, 0.15) is 38.2 Å². The SMILES string of the molecule is CC(CNC(=O)CN1CCCC(C)(O)C1)c1ccccc1. The number of carbonyl (C=O) groups is 1. The number of rotatable bonds is 5. The Morgan fingerprint density at radius 1 is 1.43 bits per heavy atom. The van der Waals surface area contributed by atoms with Crippen LogP contribution in [0.5, 0.6) is 0 Å². The zero-order valence-electron chi connectivity index (χ0n) is 13.0. The molecule has 0 radical (unpaired) electrons. The highest BCUT2D eigenvalue weighted by Gasteiger charge is 2.29. The number of nitrogens with zero attached hydrogens (tertiary/aromatic N) is 1.